The average molecular weight is 460 g/mol. The molecule has 0 heterocycles. The van der Waals surface area contributed by atoms with Crippen LogP contribution in [0, 0.1) is 11.8 Å². The molecule has 10 nitrogen and oxygen atoms in total. The number of carbonyl (C=O) groups is 4. The highest BCUT2D eigenvalue weighted by Gasteiger charge is 2.76. The molecular weight excluding hydrogens is 439 g/mol. The number of aliphatic hydroxyl groups excluding tert-OH is 2. The Morgan fingerprint density at radius 2 is 1.82 bits per heavy atom. The number of primary amides is 1. The van der Waals surface area contributed by atoms with Gasteiger partial charge in [-0.3, -0.25) is 24.1 Å². The number of nitrogens with two attached hydrogens (primary N) is 1. The standard InChI is InChI=1S/C22H21FN2O8/c1-7-8-5-4-6-9(26)10(8)17(29)21(23)12(7)16(28)13-14(25(2)3)15(27)11(19(24)31)18(30)22(13,33)20(21)32/h4-6,12-14,16,26,28,30,33H,1H2,2-3H3,(H2,24,31)/t12-,13-,14+,16+,21-,22-/m1/s1. The van der Waals surface area contributed by atoms with Crippen molar-refractivity contribution in [1.82, 2.24) is 4.90 Å². The van der Waals surface area contributed by atoms with Crippen LogP contribution in [-0.2, 0) is 14.4 Å². The summed E-state index contributed by atoms with van der Waals surface area (Å²) in [7, 11) is 2.68. The Hall–Kier alpha value is -3.41. The van der Waals surface area contributed by atoms with Gasteiger partial charge < -0.3 is 26.2 Å². The first kappa shape index (κ1) is 22.8. The lowest BCUT2D eigenvalue weighted by atomic mass is 9.51. The molecule has 0 aromatic heterocycles. The second-order valence-corrected chi connectivity index (χ2v) is 8.72. The number of nitrogens with zero attached hydrogens (tertiary/aromatic N) is 1. The lowest BCUT2D eigenvalue weighted by Crippen LogP contribution is -2.77. The van der Waals surface area contributed by atoms with Crippen LogP contribution in [0.15, 0.2) is 36.1 Å². The van der Waals surface area contributed by atoms with E-state index in [4.69, 9.17) is 5.73 Å². The molecule has 3 aliphatic carbocycles. The molecule has 33 heavy (non-hydrogen) atoms. The minimum absolute atomic E-state index is 0.0170. The summed E-state index contributed by atoms with van der Waals surface area (Å²) in [5.74, 6) is -12.1. The number of likely N-dealkylation sites (N-methyl/N-ethyl adjacent to an activating group) is 1. The van der Waals surface area contributed by atoms with Gasteiger partial charge in [0.2, 0.25) is 17.2 Å². The Kier molecular flexibility index (Phi) is 4.69. The van der Waals surface area contributed by atoms with Crippen molar-refractivity contribution in [2.45, 2.75) is 23.4 Å². The number of hydrogen-bond donors (Lipinski definition) is 5. The molecule has 4 rings (SSSR count). The van der Waals surface area contributed by atoms with E-state index in [1.165, 1.54) is 31.1 Å². The molecule has 1 aromatic rings. The van der Waals surface area contributed by atoms with E-state index in [0.717, 1.165) is 6.07 Å². The van der Waals surface area contributed by atoms with Crippen LogP contribution in [0.5, 0.6) is 5.75 Å². The van der Waals surface area contributed by atoms with Crippen LogP contribution in [0.25, 0.3) is 5.57 Å². The maximum Gasteiger partial charge on any atom is 0.255 e. The number of carbonyl (C=O) groups excluding carboxylic acids is 4. The SMILES string of the molecule is C=C1c2cccc(O)c2C(=O)[C@@]2(F)C(=O)[C@]3(O)C(O)=C(C(N)=O)C(=O)[C@@H](N(C)C)[C@@H]3[C@@H](O)[C@@H]12. The molecule has 0 unspecified atom stereocenters. The lowest BCUT2D eigenvalue weighted by molar-refractivity contribution is -0.189. The fourth-order valence-corrected chi connectivity index (χ4v) is 5.44. The second kappa shape index (κ2) is 6.80. The van der Waals surface area contributed by atoms with Crippen LogP contribution < -0.4 is 5.73 Å². The number of aliphatic hydroxyl groups is 3. The normalized spacial score (nSPS) is 35.9. The number of alkyl halides is 1. The molecule has 0 bridgehead atoms. The van der Waals surface area contributed by atoms with Gasteiger partial charge in [0.05, 0.1) is 29.5 Å². The van der Waals surface area contributed by atoms with E-state index in [1.54, 1.807) is 0 Å². The van der Waals surface area contributed by atoms with Crippen molar-refractivity contribution in [3.63, 3.8) is 0 Å². The van der Waals surface area contributed by atoms with E-state index in [9.17, 15) is 39.6 Å². The summed E-state index contributed by atoms with van der Waals surface area (Å²) in [6, 6.07) is 2.18. The summed E-state index contributed by atoms with van der Waals surface area (Å²) in [4.78, 5) is 52.8. The molecule has 0 spiro atoms. The summed E-state index contributed by atoms with van der Waals surface area (Å²) in [6.07, 6.45) is -2.10. The molecule has 1 aromatic carbocycles. The Balaban J connectivity index is 2.08. The van der Waals surface area contributed by atoms with E-state index in [2.05, 4.69) is 6.58 Å². The van der Waals surface area contributed by atoms with Gasteiger partial charge in [0.1, 0.15) is 17.1 Å². The number of rotatable bonds is 2. The van der Waals surface area contributed by atoms with Crippen molar-refractivity contribution in [3.8, 4) is 5.75 Å². The van der Waals surface area contributed by atoms with Crippen LogP contribution in [-0.4, -0.2) is 86.1 Å². The zero-order valence-electron chi connectivity index (χ0n) is 17.6. The number of ketones is 3. The highest BCUT2D eigenvalue weighted by molar-refractivity contribution is 6.29. The first-order valence-electron chi connectivity index (χ1n) is 9.88. The summed E-state index contributed by atoms with van der Waals surface area (Å²) in [6.45, 7) is 3.71. The van der Waals surface area contributed by atoms with Crippen molar-refractivity contribution in [2.75, 3.05) is 14.1 Å². The second-order valence-electron chi connectivity index (χ2n) is 8.72. The highest BCUT2D eigenvalue weighted by atomic mass is 19.1. The Morgan fingerprint density at radius 3 is 2.36 bits per heavy atom. The molecule has 1 saturated carbocycles. The summed E-state index contributed by atoms with van der Waals surface area (Å²) in [5, 5.41) is 43.5. The monoisotopic (exact) mass is 460 g/mol. The van der Waals surface area contributed by atoms with Crippen molar-refractivity contribution in [2.24, 2.45) is 17.6 Å². The van der Waals surface area contributed by atoms with Gasteiger partial charge in [0.25, 0.3) is 5.91 Å². The molecule has 0 radical (unpaired) electrons. The Morgan fingerprint density at radius 1 is 1.21 bits per heavy atom. The first-order valence-corrected chi connectivity index (χ1v) is 9.88. The van der Waals surface area contributed by atoms with E-state index in [0.29, 0.717) is 0 Å². The smallest absolute Gasteiger partial charge is 0.255 e. The van der Waals surface area contributed by atoms with Crippen molar-refractivity contribution < 1.29 is 44.0 Å². The fourth-order valence-electron chi connectivity index (χ4n) is 5.44. The predicted molar refractivity (Wildman–Crippen MR) is 110 cm³/mol. The number of phenols is 1. The summed E-state index contributed by atoms with van der Waals surface area (Å²) < 4.78 is 16.6. The van der Waals surface area contributed by atoms with Gasteiger partial charge in [-0.2, -0.15) is 0 Å². The maximum atomic E-state index is 16.6. The number of halogens is 1. The maximum absolute atomic E-state index is 16.6. The third kappa shape index (κ3) is 2.46. The van der Waals surface area contributed by atoms with Crippen molar-refractivity contribution in [3.05, 3.63) is 47.2 Å². The van der Waals surface area contributed by atoms with Crippen LogP contribution >= 0.6 is 0 Å². The van der Waals surface area contributed by atoms with Crippen LogP contribution in [0.2, 0.25) is 0 Å². The molecule has 3 aliphatic rings. The van der Waals surface area contributed by atoms with E-state index in [-0.39, 0.29) is 11.1 Å². The topological polar surface area (TPSA) is 178 Å². The lowest BCUT2D eigenvalue weighted by Gasteiger charge is -2.56. The zero-order chi connectivity index (χ0) is 24.8. The van der Waals surface area contributed by atoms with Gasteiger partial charge in [-0.1, -0.05) is 18.7 Å². The van der Waals surface area contributed by atoms with E-state index < -0.39 is 81.2 Å². The Labute approximate surface area is 186 Å². The molecular formula is C22H21FN2O8. The molecule has 174 valence electrons. The van der Waals surface area contributed by atoms with Gasteiger partial charge in [-0.25, -0.2) is 4.39 Å². The van der Waals surface area contributed by atoms with Crippen LogP contribution in [0.4, 0.5) is 4.39 Å². The number of hydrogen-bond acceptors (Lipinski definition) is 9. The minimum atomic E-state index is -3.68. The van der Waals surface area contributed by atoms with Crippen molar-refractivity contribution >= 4 is 28.8 Å². The Bertz CT molecular complexity index is 1210. The van der Waals surface area contributed by atoms with E-state index >= 15 is 4.39 Å². The third-order valence-electron chi connectivity index (χ3n) is 6.87. The van der Waals surface area contributed by atoms with E-state index in [1.807, 2.05) is 0 Å². The van der Waals surface area contributed by atoms with Gasteiger partial charge in [-0.05, 0) is 31.3 Å². The van der Waals surface area contributed by atoms with Gasteiger partial charge in [0.15, 0.2) is 11.4 Å². The minimum Gasteiger partial charge on any atom is -0.508 e. The molecule has 6 atom stereocenters. The number of phenolic OH excluding ortho intramolecular Hbond substituents is 1. The van der Waals surface area contributed by atoms with Gasteiger partial charge in [0, 0.05) is 0 Å². The number of amides is 1. The molecule has 11 heteroatoms. The first-order chi connectivity index (χ1) is 15.2. The highest BCUT2D eigenvalue weighted by Crippen LogP contribution is 2.57. The van der Waals surface area contributed by atoms with Gasteiger partial charge in [-0.15, -0.1) is 0 Å². The molecule has 1 amide bonds. The molecule has 1 fully saturated rings. The zero-order valence-corrected chi connectivity index (χ0v) is 17.6. The van der Waals surface area contributed by atoms with Crippen LogP contribution in [0.3, 0.4) is 0 Å². The van der Waals surface area contributed by atoms with Crippen molar-refractivity contribution in [1.29, 1.82) is 0 Å². The largest absolute Gasteiger partial charge is 0.508 e. The van der Waals surface area contributed by atoms with Crippen LogP contribution in [0.1, 0.15) is 15.9 Å². The molecule has 0 aliphatic heterocycles. The third-order valence-corrected chi connectivity index (χ3v) is 6.87. The summed E-state index contributed by atoms with van der Waals surface area (Å²) >= 11 is 0. The van der Waals surface area contributed by atoms with Gasteiger partial charge >= 0.3 is 0 Å². The number of fused-ring (bicyclic) bond motifs is 3. The number of benzene rings is 1. The quantitative estimate of drug-likeness (QED) is 0.274. The number of Topliss-reactive ketones (excluding diaryl/α,β-unsaturated/α-hetero) is 3. The number of aromatic hydroxyl groups is 1. The molecule has 0 saturated heterocycles. The summed E-state index contributed by atoms with van der Waals surface area (Å²) in [5.41, 5.74) is -3.81. The molecule has 6 N–H and O–H groups in total. The fraction of sp³-hybridized carbons (Fsp3) is 0.364. The average Bonchev–Trinajstić information content (AvgIpc) is 2.72. The predicted octanol–water partition coefficient (Wildman–Crippen LogP) is -0.973.